The van der Waals surface area contributed by atoms with E-state index in [2.05, 4.69) is 53.2 Å². The fourth-order valence-corrected chi connectivity index (χ4v) is 9.72. The number of hydrogen-bond acceptors (Lipinski definition) is 22. The predicted octanol–water partition coefficient (Wildman–Crippen LogP) is -4.93. The van der Waals surface area contributed by atoms with Gasteiger partial charge < -0.3 is 89.9 Å². The van der Waals surface area contributed by atoms with Gasteiger partial charge in [0.05, 0.1) is 24.2 Å². The Hall–Kier alpha value is -9.55. The lowest BCUT2D eigenvalue weighted by molar-refractivity contribution is -0.156. The van der Waals surface area contributed by atoms with Crippen molar-refractivity contribution in [3.8, 4) is 17.0 Å². The Kier molecular flexibility index (Phi) is 29.4. The summed E-state index contributed by atoms with van der Waals surface area (Å²) in [5, 5.41) is 65.0. The first-order valence-electron chi connectivity index (χ1n) is 29.4. The number of carbonyl (C=O) groups is 14. The van der Waals surface area contributed by atoms with E-state index in [1.807, 2.05) is 0 Å². The van der Waals surface area contributed by atoms with Crippen molar-refractivity contribution in [3.63, 3.8) is 0 Å². The second-order valence-corrected chi connectivity index (χ2v) is 21.8. The number of hydrogen-bond donors (Lipinski definition) is 17. The number of carboxylic acids is 1. The molecule has 0 aromatic carbocycles. The van der Waals surface area contributed by atoms with E-state index in [0.29, 0.717) is 11.5 Å². The number of anilines is 2. The number of aromatic hydroxyl groups is 1. The number of unbranched alkanes of at least 4 members (excludes halogenated alkanes) is 2. The van der Waals surface area contributed by atoms with Gasteiger partial charge in [0.25, 0.3) is 0 Å². The second-order valence-electron chi connectivity index (χ2n) is 21.8. The number of nitrogens with one attached hydrogen (secondary N) is 10. The maximum Gasteiger partial charge on any atom is 0.328 e. The molecule has 36 heteroatoms. The third-order valence-corrected chi connectivity index (χ3v) is 14.6. The third-order valence-electron chi connectivity index (χ3n) is 14.6. The summed E-state index contributed by atoms with van der Waals surface area (Å²) in [4.78, 5) is 199. The SMILES string of the molecule is CC1NC(=O)C(C)NC(=O)C(NC(=O)C(CCCCN)NC(=O)C(CCCN(O)C=O)NC(=O)C(CC(N)=O)NC(=O)C2CCNc3c(NC(=O)CCC(=O)O)cc4cc(O)c(=O)cc-4n32)C(C)OC(=O)C(CCCCN)NC(=O)C(CCCN(O)C=O)NC1=O. The number of hydroxylamine groups is 4. The number of cyclic esters (lactones) is 1. The van der Waals surface area contributed by atoms with Crippen molar-refractivity contribution in [2.45, 2.75) is 171 Å². The van der Waals surface area contributed by atoms with Crippen LogP contribution in [-0.2, 0) is 71.9 Å². The van der Waals surface area contributed by atoms with Crippen LogP contribution in [-0.4, -0.2) is 206 Å². The third kappa shape index (κ3) is 22.8. The highest BCUT2D eigenvalue weighted by atomic mass is 16.5. The molecule has 3 aliphatic heterocycles. The maximum atomic E-state index is 14.6. The molecule has 4 aliphatic rings. The number of phenolic OH excluding ortho intramolecular Hbond substituents is 1. The number of amides is 12. The van der Waals surface area contributed by atoms with E-state index in [1.54, 1.807) is 0 Å². The minimum Gasteiger partial charge on any atom is -0.504 e. The molecule has 502 valence electrons. The molecule has 1 saturated heterocycles. The van der Waals surface area contributed by atoms with Crippen molar-refractivity contribution >= 4 is 95.3 Å². The van der Waals surface area contributed by atoms with Crippen LogP contribution < -0.4 is 75.8 Å². The zero-order chi connectivity index (χ0) is 67.6. The van der Waals surface area contributed by atoms with Gasteiger partial charge in [0.1, 0.15) is 66.3 Å². The molecule has 1 aliphatic carbocycles. The van der Waals surface area contributed by atoms with Gasteiger partial charge in [0.2, 0.25) is 77.3 Å². The first kappa shape index (κ1) is 73.9. The van der Waals surface area contributed by atoms with Crippen molar-refractivity contribution in [3.05, 3.63) is 28.4 Å². The number of aliphatic carboxylic acids is 1. The zero-order valence-corrected chi connectivity index (χ0v) is 50.5. The summed E-state index contributed by atoms with van der Waals surface area (Å²) in [6, 6.07) is -10.8. The van der Waals surface area contributed by atoms with Crippen molar-refractivity contribution in [1.82, 2.24) is 57.2 Å². The second kappa shape index (κ2) is 36.2. The van der Waals surface area contributed by atoms with Crippen LogP contribution in [0.4, 0.5) is 11.5 Å². The van der Waals surface area contributed by atoms with Gasteiger partial charge in [0.15, 0.2) is 5.75 Å². The quantitative estimate of drug-likeness (QED) is 0.0107. The molecule has 0 saturated carbocycles. The fourth-order valence-electron chi connectivity index (χ4n) is 9.72. The number of aromatic nitrogens is 1. The summed E-state index contributed by atoms with van der Waals surface area (Å²) in [6.07, 6.45) is -3.62. The van der Waals surface area contributed by atoms with Crippen molar-refractivity contribution in [1.29, 1.82) is 0 Å². The van der Waals surface area contributed by atoms with Crippen LogP contribution >= 0.6 is 0 Å². The van der Waals surface area contributed by atoms with Gasteiger partial charge in [-0.3, -0.25) is 77.5 Å². The number of esters is 1. The molecule has 0 aromatic rings. The first-order valence-corrected chi connectivity index (χ1v) is 29.4. The van der Waals surface area contributed by atoms with E-state index < -0.39 is 175 Å². The Morgan fingerprint density at radius 2 is 1.27 bits per heavy atom. The summed E-state index contributed by atoms with van der Waals surface area (Å²) in [5.41, 5.74) is 16.4. The summed E-state index contributed by atoms with van der Waals surface area (Å²) in [7, 11) is 0. The zero-order valence-electron chi connectivity index (χ0n) is 50.5. The molecule has 0 bridgehead atoms. The van der Waals surface area contributed by atoms with Crippen molar-refractivity contribution in [2.75, 3.05) is 43.4 Å². The Morgan fingerprint density at radius 1 is 0.703 bits per heavy atom. The van der Waals surface area contributed by atoms with Crippen LogP contribution in [0.15, 0.2) is 23.0 Å². The molecule has 3 heterocycles. The van der Waals surface area contributed by atoms with E-state index in [0.717, 1.165) is 12.1 Å². The van der Waals surface area contributed by atoms with Gasteiger partial charge in [-0.1, -0.05) is 0 Å². The average molecular weight is 1290 g/mol. The molecule has 12 amide bonds. The van der Waals surface area contributed by atoms with Crippen LogP contribution in [0, 0.1) is 0 Å². The van der Waals surface area contributed by atoms with E-state index in [4.69, 9.17) is 27.0 Å². The highest BCUT2D eigenvalue weighted by Crippen LogP contribution is 2.40. The van der Waals surface area contributed by atoms with E-state index in [-0.39, 0.29) is 125 Å². The van der Waals surface area contributed by atoms with Crippen LogP contribution in [0.25, 0.3) is 11.3 Å². The average Bonchev–Trinajstić information content (AvgIpc) is 0.774. The molecule has 0 radical (unpaired) electrons. The molecule has 36 nitrogen and oxygen atoms in total. The standard InChI is InChI=1S/C55H82N16O20/c1-28-47(80)60-29(2)48(81)63-33(12-8-20-69(89)26-72)50(83)66-35(11-5-7-18-57)55(88)91-30(3)45(54(87)61-28)68-51(84)32(10-4-6-17-56)64-49(82)34(13-9-21-70(90)27-73)65-52(85)37(24-42(58)76)67-53(86)38-16-19-59-46-36(62-43(77)14-15-44(78)79)22-31-23-40(74)41(75)25-39(31)71(38)46/h22-23,25-30,32-35,37-38,45,59,74,89-90H,4-21,24,56-57H2,1-3H3,(H2,58,76)(H,60,80)(H,61,87)(H,62,77)(H,63,81)(H,64,82)(H,65,85)(H,66,83)(H,67,86)(H,68,84)(H,78,79). The van der Waals surface area contributed by atoms with Crippen molar-refractivity contribution in [2.24, 2.45) is 17.2 Å². The number of benzene rings is 1. The number of nitrogens with zero attached hydrogens (tertiary/aromatic N) is 3. The van der Waals surface area contributed by atoms with Gasteiger partial charge in [-0.25, -0.2) is 14.9 Å². The minimum atomic E-state index is -1.90. The lowest BCUT2D eigenvalue weighted by atomic mass is 10.0. The normalized spacial score (nSPS) is 20.6. The number of carbonyl (C=O) groups excluding carboxylic acids is 13. The highest BCUT2D eigenvalue weighted by Gasteiger charge is 2.39. The molecular weight excluding hydrogens is 1200 g/mol. The number of primary amides is 1. The van der Waals surface area contributed by atoms with Gasteiger partial charge in [0, 0.05) is 37.7 Å². The van der Waals surface area contributed by atoms with E-state index in [9.17, 15) is 87.4 Å². The predicted molar refractivity (Wildman–Crippen MR) is 316 cm³/mol. The van der Waals surface area contributed by atoms with Crippen molar-refractivity contribution < 1.29 is 92.5 Å². The maximum absolute atomic E-state index is 14.6. The van der Waals surface area contributed by atoms with E-state index >= 15 is 0 Å². The largest absolute Gasteiger partial charge is 0.504 e. The number of fused-ring (bicyclic) bond motifs is 3. The molecular formula is C55H82N16O20. The Morgan fingerprint density at radius 3 is 1.90 bits per heavy atom. The lowest BCUT2D eigenvalue weighted by Gasteiger charge is -2.34. The number of pyridine rings is 1. The number of carboxylic acid groups (broad SMARTS) is 1. The number of nitrogens with two attached hydrogens (primary N) is 3. The van der Waals surface area contributed by atoms with Gasteiger partial charge in [-0.2, -0.15) is 0 Å². The molecule has 20 N–H and O–H groups in total. The fraction of sp³-hybridized carbons (Fsp3) is 0.582. The van der Waals surface area contributed by atoms with Crippen LogP contribution in [0.5, 0.6) is 5.75 Å². The minimum absolute atomic E-state index is 0.00337. The van der Waals surface area contributed by atoms with Gasteiger partial charge >= 0.3 is 11.9 Å². The van der Waals surface area contributed by atoms with Crippen LogP contribution in [0.2, 0.25) is 0 Å². The lowest BCUT2D eigenvalue weighted by Crippen LogP contribution is -2.62. The molecule has 10 atom stereocenters. The van der Waals surface area contributed by atoms with E-state index in [1.165, 1.54) is 31.4 Å². The number of ether oxygens (including phenoxy) is 1. The molecule has 10 unspecified atom stereocenters. The molecule has 0 spiro atoms. The van der Waals surface area contributed by atoms with Gasteiger partial charge in [-0.15, -0.1) is 0 Å². The summed E-state index contributed by atoms with van der Waals surface area (Å²) >= 11 is 0. The van der Waals surface area contributed by atoms with Crippen LogP contribution in [0.1, 0.15) is 117 Å². The smallest absolute Gasteiger partial charge is 0.328 e. The van der Waals surface area contributed by atoms with Gasteiger partial charge in [-0.05, 0) is 117 Å². The molecule has 91 heavy (non-hydrogen) atoms. The monoisotopic (exact) mass is 1290 g/mol. The number of phenols is 1. The summed E-state index contributed by atoms with van der Waals surface area (Å²) < 4.78 is 7.03. The first-order chi connectivity index (χ1) is 43.1. The Balaban J connectivity index is 1.70. The number of rotatable bonds is 32. The highest BCUT2D eigenvalue weighted by molar-refractivity contribution is 6.00. The molecule has 0 aromatic heterocycles. The summed E-state index contributed by atoms with van der Waals surface area (Å²) in [6.45, 7) is 3.31. The Labute approximate surface area is 520 Å². The summed E-state index contributed by atoms with van der Waals surface area (Å²) in [5.74, 6) is -13.2. The molecule has 1 fully saturated rings. The topological polar surface area (TPSA) is 556 Å². The molecule has 4 rings (SSSR count). The van der Waals surface area contributed by atoms with Crippen LogP contribution in [0.3, 0.4) is 0 Å². The Bertz CT molecular complexity index is 3000.